The molecule has 0 fully saturated rings. The maximum absolute atomic E-state index is 12.2. The summed E-state index contributed by atoms with van der Waals surface area (Å²) in [4.78, 5) is 12.2. The van der Waals surface area contributed by atoms with Gasteiger partial charge in [0.25, 0.3) is 5.91 Å². The van der Waals surface area contributed by atoms with Crippen LogP contribution in [0.3, 0.4) is 0 Å². The van der Waals surface area contributed by atoms with Crippen molar-refractivity contribution in [3.63, 3.8) is 0 Å². The lowest BCUT2D eigenvalue weighted by atomic mass is 10.1. The molecule has 0 heterocycles. The number of nitrogens with one attached hydrogen (secondary N) is 1. The maximum Gasteiger partial charge on any atom is 0.262 e. The van der Waals surface area contributed by atoms with E-state index in [0.717, 1.165) is 21.3 Å². The molecule has 28 heavy (non-hydrogen) atoms. The summed E-state index contributed by atoms with van der Waals surface area (Å²) >= 11 is 3.52. The van der Waals surface area contributed by atoms with Crippen LogP contribution in [-0.4, -0.2) is 18.6 Å². The molecule has 4 nitrogen and oxygen atoms in total. The Morgan fingerprint density at radius 3 is 2.32 bits per heavy atom. The van der Waals surface area contributed by atoms with Gasteiger partial charge in [-0.1, -0.05) is 36.4 Å². The largest absolute Gasteiger partial charge is 0.491 e. The Labute approximate surface area is 173 Å². The third-order valence-corrected chi connectivity index (χ3v) is 4.53. The minimum absolute atomic E-state index is 0.0759. The summed E-state index contributed by atoms with van der Waals surface area (Å²) in [5.74, 6) is 1.17. The van der Waals surface area contributed by atoms with E-state index in [2.05, 4.69) is 21.2 Å². The fraction of sp³-hybridized carbons (Fsp3) is 0.174. The first-order chi connectivity index (χ1) is 13.5. The minimum atomic E-state index is -0.225. The number of ether oxygens (including phenoxy) is 2. The highest BCUT2D eigenvalue weighted by atomic mass is 79.9. The fourth-order valence-electron chi connectivity index (χ4n) is 2.66. The van der Waals surface area contributed by atoms with E-state index in [0.29, 0.717) is 11.4 Å². The normalized spacial score (nSPS) is 10.6. The summed E-state index contributed by atoms with van der Waals surface area (Å²) in [6, 6.07) is 23.2. The van der Waals surface area contributed by atoms with Crippen molar-refractivity contribution in [1.82, 2.24) is 0 Å². The van der Waals surface area contributed by atoms with E-state index in [9.17, 15) is 4.79 Å². The van der Waals surface area contributed by atoms with E-state index in [1.165, 1.54) is 0 Å². The number of carbonyl (C=O) groups excluding carboxylic acids is 1. The average Bonchev–Trinajstić information content (AvgIpc) is 2.69. The van der Waals surface area contributed by atoms with Crippen molar-refractivity contribution < 1.29 is 14.3 Å². The average molecular weight is 440 g/mol. The summed E-state index contributed by atoms with van der Waals surface area (Å²) in [6.07, 6.45) is 0.112. The van der Waals surface area contributed by atoms with E-state index in [4.69, 9.17) is 9.47 Å². The molecule has 3 aromatic rings. The van der Waals surface area contributed by atoms with Crippen molar-refractivity contribution in [1.29, 1.82) is 0 Å². The van der Waals surface area contributed by atoms with E-state index in [1.54, 1.807) is 12.1 Å². The molecule has 3 rings (SSSR count). The van der Waals surface area contributed by atoms with Crippen LogP contribution in [0.1, 0.15) is 13.8 Å². The molecule has 0 aliphatic carbocycles. The SMILES string of the molecule is CC(C)Oc1ccc(NC(=O)COc2ccc(-c3ccccc3)cc2Br)cc1. The molecule has 0 spiro atoms. The molecule has 0 radical (unpaired) electrons. The molecule has 5 heteroatoms. The lowest BCUT2D eigenvalue weighted by Gasteiger charge is -2.12. The topological polar surface area (TPSA) is 47.6 Å². The van der Waals surface area contributed by atoms with Crippen molar-refractivity contribution in [3.05, 3.63) is 77.3 Å². The van der Waals surface area contributed by atoms with Crippen LogP contribution in [0.4, 0.5) is 5.69 Å². The summed E-state index contributed by atoms with van der Waals surface area (Å²) in [7, 11) is 0. The van der Waals surface area contributed by atoms with Crippen LogP contribution in [0.25, 0.3) is 11.1 Å². The van der Waals surface area contributed by atoms with Gasteiger partial charge in [-0.25, -0.2) is 0 Å². The Kier molecular flexibility index (Phi) is 6.71. The summed E-state index contributed by atoms with van der Waals surface area (Å²) < 4.78 is 12.0. The number of anilines is 1. The van der Waals surface area contributed by atoms with Gasteiger partial charge in [0.05, 0.1) is 10.6 Å². The Bertz CT molecular complexity index is 924. The van der Waals surface area contributed by atoms with Gasteiger partial charge in [-0.05, 0) is 77.3 Å². The summed E-state index contributed by atoms with van der Waals surface area (Å²) in [5, 5.41) is 2.81. The fourth-order valence-corrected chi connectivity index (χ4v) is 3.15. The van der Waals surface area contributed by atoms with Gasteiger partial charge in [0.2, 0.25) is 0 Å². The molecule has 0 unspecified atom stereocenters. The van der Waals surface area contributed by atoms with Crippen molar-refractivity contribution >= 4 is 27.5 Å². The van der Waals surface area contributed by atoms with E-state index in [-0.39, 0.29) is 18.6 Å². The van der Waals surface area contributed by atoms with Gasteiger partial charge in [0.1, 0.15) is 11.5 Å². The molecule has 1 N–H and O–H groups in total. The molecule has 3 aromatic carbocycles. The highest BCUT2D eigenvalue weighted by molar-refractivity contribution is 9.10. The second-order valence-electron chi connectivity index (χ2n) is 6.54. The van der Waals surface area contributed by atoms with Gasteiger partial charge in [0.15, 0.2) is 6.61 Å². The van der Waals surface area contributed by atoms with E-state index < -0.39 is 0 Å². The predicted octanol–water partition coefficient (Wildman–Crippen LogP) is 5.92. The zero-order chi connectivity index (χ0) is 19.9. The lowest BCUT2D eigenvalue weighted by molar-refractivity contribution is -0.118. The monoisotopic (exact) mass is 439 g/mol. The molecule has 0 aliphatic heterocycles. The second kappa shape index (κ2) is 9.42. The molecule has 0 saturated carbocycles. The molecule has 0 bridgehead atoms. The van der Waals surface area contributed by atoms with Gasteiger partial charge in [-0.15, -0.1) is 0 Å². The predicted molar refractivity (Wildman–Crippen MR) is 116 cm³/mol. The van der Waals surface area contributed by atoms with Crippen LogP contribution in [-0.2, 0) is 4.79 Å². The highest BCUT2D eigenvalue weighted by Crippen LogP contribution is 2.30. The molecule has 0 atom stereocenters. The first-order valence-corrected chi connectivity index (χ1v) is 9.85. The number of benzene rings is 3. The zero-order valence-electron chi connectivity index (χ0n) is 15.8. The van der Waals surface area contributed by atoms with Crippen LogP contribution >= 0.6 is 15.9 Å². The molecular weight excluding hydrogens is 418 g/mol. The van der Waals surface area contributed by atoms with Gasteiger partial charge >= 0.3 is 0 Å². The van der Waals surface area contributed by atoms with Gasteiger partial charge < -0.3 is 14.8 Å². The highest BCUT2D eigenvalue weighted by Gasteiger charge is 2.08. The summed E-state index contributed by atoms with van der Waals surface area (Å²) in [6.45, 7) is 3.86. The minimum Gasteiger partial charge on any atom is -0.491 e. The van der Waals surface area contributed by atoms with Crippen molar-refractivity contribution in [2.45, 2.75) is 20.0 Å². The van der Waals surface area contributed by atoms with Crippen LogP contribution in [0.15, 0.2) is 77.3 Å². The van der Waals surface area contributed by atoms with Crippen molar-refractivity contribution in [3.8, 4) is 22.6 Å². The van der Waals surface area contributed by atoms with Crippen LogP contribution < -0.4 is 14.8 Å². The van der Waals surface area contributed by atoms with Crippen molar-refractivity contribution in [2.24, 2.45) is 0 Å². The van der Waals surface area contributed by atoms with Gasteiger partial charge in [-0.3, -0.25) is 4.79 Å². The number of halogens is 1. The third-order valence-electron chi connectivity index (χ3n) is 3.91. The third kappa shape index (κ3) is 5.60. The summed E-state index contributed by atoms with van der Waals surface area (Å²) in [5.41, 5.74) is 2.90. The second-order valence-corrected chi connectivity index (χ2v) is 7.39. The number of rotatable bonds is 7. The van der Waals surface area contributed by atoms with Gasteiger partial charge in [-0.2, -0.15) is 0 Å². The Balaban J connectivity index is 1.55. The number of hydrogen-bond acceptors (Lipinski definition) is 3. The van der Waals surface area contributed by atoms with Crippen LogP contribution in [0.5, 0.6) is 11.5 Å². The van der Waals surface area contributed by atoms with Crippen molar-refractivity contribution in [2.75, 3.05) is 11.9 Å². The standard InChI is InChI=1S/C23H22BrNO3/c1-16(2)28-20-11-9-19(10-12-20)25-23(26)15-27-22-13-8-18(14-21(22)24)17-6-4-3-5-7-17/h3-14,16H,15H2,1-2H3,(H,25,26). The molecular formula is C23H22BrNO3. The lowest BCUT2D eigenvalue weighted by Crippen LogP contribution is -2.20. The molecule has 144 valence electrons. The van der Waals surface area contributed by atoms with E-state index in [1.807, 2.05) is 74.5 Å². The van der Waals surface area contributed by atoms with Crippen LogP contribution in [0.2, 0.25) is 0 Å². The number of carbonyl (C=O) groups is 1. The molecule has 1 amide bonds. The van der Waals surface area contributed by atoms with Gasteiger partial charge in [0, 0.05) is 5.69 Å². The van der Waals surface area contributed by atoms with E-state index >= 15 is 0 Å². The molecule has 0 aromatic heterocycles. The zero-order valence-corrected chi connectivity index (χ0v) is 17.4. The quantitative estimate of drug-likeness (QED) is 0.496. The maximum atomic E-state index is 12.2. The Morgan fingerprint density at radius 2 is 1.68 bits per heavy atom. The smallest absolute Gasteiger partial charge is 0.262 e. The number of amides is 1. The first-order valence-electron chi connectivity index (χ1n) is 9.05. The Morgan fingerprint density at radius 1 is 0.964 bits per heavy atom. The molecule has 0 saturated heterocycles. The molecule has 0 aliphatic rings. The number of hydrogen-bond donors (Lipinski definition) is 1. The Hall–Kier alpha value is -2.79. The van der Waals surface area contributed by atoms with Crippen LogP contribution in [0, 0.1) is 0 Å². The first kappa shape index (κ1) is 20.0.